The van der Waals surface area contributed by atoms with Gasteiger partial charge in [0.25, 0.3) is 0 Å². The molecule has 0 unspecified atom stereocenters. The van der Waals surface area contributed by atoms with Crippen LogP contribution in [0.25, 0.3) is 0 Å². The van der Waals surface area contributed by atoms with Crippen LogP contribution in [0.3, 0.4) is 0 Å². The predicted octanol–water partition coefficient (Wildman–Crippen LogP) is 2.19. The molecular formula is C7H12OS2. The molecule has 0 fully saturated rings. The summed E-state index contributed by atoms with van der Waals surface area (Å²) in [5, 5.41) is 0.0803. The van der Waals surface area contributed by atoms with E-state index in [4.69, 9.17) is 0 Å². The minimum absolute atomic E-state index is 0.0803. The highest BCUT2D eigenvalue weighted by Crippen LogP contribution is 2.07. The molecule has 0 saturated carbocycles. The largest absolute Gasteiger partial charge is 0.282 e. The fourth-order valence-corrected chi connectivity index (χ4v) is 1.82. The van der Waals surface area contributed by atoms with E-state index >= 15 is 0 Å². The van der Waals surface area contributed by atoms with Gasteiger partial charge in [-0.3, -0.25) is 4.79 Å². The molecule has 0 bridgehead atoms. The summed E-state index contributed by atoms with van der Waals surface area (Å²) in [6.07, 6.45) is 1.36. The van der Waals surface area contributed by atoms with E-state index in [1.807, 2.05) is 11.8 Å². The number of hydrogen-bond donors (Lipinski definition) is 0. The molecule has 0 aromatic heterocycles. The molecular weight excluding hydrogens is 164 g/mol. The molecule has 0 aromatic rings. The fraction of sp³-hybridized carbons (Fsp3) is 0.571. The Bertz CT molecular complexity index is 112. The Balaban J connectivity index is 3.03. The van der Waals surface area contributed by atoms with Gasteiger partial charge in [-0.25, -0.2) is 0 Å². The molecule has 0 aliphatic heterocycles. The van der Waals surface area contributed by atoms with Crippen LogP contribution in [0.4, 0.5) is 0 Å². The Hall–Kier alpha value is 0.110. The highest BCUT2D eigenvalue weighted by Gasteiger charge is 1.94. The Morgan fingerprint density at radius 1 is 1.60 bits per heavy atom. The summed E-state index contributed by atoms with van der Waals surface area (Å²) >= 11 is 3.19. The summed E-state index contributed by atoms with van der Waals surface area (Å²) in [6, 6.07) is 0. The van der Waals surface area contributed by atoms with Gasteiger partial charge in [0.15, 0.2) is 0 Å². The molecule has 0 saturated heterocycles. The maximum Gasteiger partial charge on any atom is 0.211 e. The second-order valence-electron chi connectivity index (χ2n) is 1.57. The lowest BCUT2D eigenvalue weighted by Gasteiger charge is -1.94. The van der Waals surface area contributed by atoms with Crippen LogP contribution in [0, 0.1) is 0 Å². The monoisotopic (exact) mass is 176 g/mol. The topological polar surface area (TPSA) is 17.1 Å². The first-order chi connectivity index (χ1) is 4.81. The molecule has 10 heavy (non-hydrogen) atoms. The van der Waals surface area contributed by atoms with Gasteiger partial charge >= 0.3 is 0 Å². The van der Waals surface area contributed by atoms with Gasteiger partial charge in [0, 0.05) is 11.5 Å². The van der Waals surface area contributed by atoms with Crippen molar-refractivity contribution in [3.63, 3.8) is 0 Å². The molecule has 58 valence electrons. The fourth-order valence-electron chi connectivity index (χ4n) is 0.404. The number of hydrogen-bond acceptors (Lipinski definition) is 3. The van der Waals surface area contributed by atoms with Crippen LogP contribution >= 0.6 is 23.5 Å². The maximum absolute atomic E-state index is 10.6. The van der Waals surface area contributed by atoms with Crippen LogP contribution in [0.2, 0.25) is 0 Å². The van der Waals surface area contributed by atoms with Crippen molar-refractivity contribution in [2.75, 3.05) is 17.3 Å². The van der Waals surface area contributed by atoms with Gasteiger partial charge in [-0.05, 0) is 11.8 Å². The smallest absolute Gasteiger partial charge is 0.211 e. The van der Waals surface area contributed by atoms with Crippen molar-refractivity contribution >= 4 is 28.6 Å². The average molecular weight is 176 g/mol. The zero-order chi connectivity index (χ0) is 7.82. The molecule has 0 N–H and O–H groups in total. The maximum atomic E-state index is 10.6. The van der Waals surface area contributed by atoms with Crippen molar-refractivity contribution in [2.45, 2.75) is 6.92 Å². The van der Waals surface area contributed by atoms with Gasteiger partial charge < -0.3 is 0 Å². The van der Waals surface area contributed by atoms with Crippen molar-refractivity contribution in [2.24, 2.45) is 0 Å². The van der Waals surface area contributed by atoms with Gasteiger partial charge in [0.1, 0.15) is 0 Å². The third kappa shape index (κ3) is 6.23. The molecule has 0 rings (SSSR count). The van der Waals surface area contributed by atoms with Gasteiger partial charge in [-0.15, -0.1) is 0 Å². The van der Waals surface area contributed by atoms with Crippen molar-refractivity contribution in [3.05, 3.63) is 12.7 Å². The molecule has 1 nitrogen and oxygen atoms in total. The van der Waals surface area contributed by atoms with Crippen LogP contribution in [-0.2, 0) is 4.79 Å². The van der Waals surface area contributed by atoms with Gasteiger partial charge in [-0.2, -0.15) is 11.8 Å². The Labute approximate surface area is 70.6 Å². The van der Waals surface area contributed by atoms with Crippen LogP contribution in [-0.4, -0.2) is 22.4 Å². The lowest BCUT2D eigenvalue weighted by Crippen LogP contribution is -1.90. The lowest BCUT2D eigenvalue weighted by molar-refractivity contribution is -0.107. The second-order valence-corrected chi connectivity index (χ2v) is 4.06. The van der Waals surface area contributed by atoms with Gasteiger partial charge in [0.05, 0.1) is 0 Å². The highest BCUT2D eigenvalue weighted by atomic mass is 32.2. The van der Waals surface area contributed by atoms with Crippen LogP contribution < -0.4 is 0 Å². The normalized spacial score (nSPS) is 9.30. The van der Waals surface area contributed by atoms with E-state index in [1.165, 1.54) is 17.8 Å². The standard InChI is InChI=1S/C7H12OS2/c1-3-7(8)10-6-5-9-4-2/h3H,1,4-6H2,2H3. The van der Waals surface area contributed by atoms with Crippen molar-refractivity contribution < 1.29 is 4.79 Å². The van der Waals surface area contributed by atoms with Crippen LogP contribution in [0.1, 0.15) is 6.92 Å². The molecule has 0 spiro atoms. The Morgan fingerprint density at radius 2 is 2.30 bits per heavy atom. The molecule has 0 radical (unpaired) electrons. The second kappa shape index (κ2) is 7.22. The number of carbonyl (C=O) groups excluding carboxylic acids is 1. The SMILES string of the molecule is C=CC(=O)SCCSCC. The molecule has 0 amide bonds. The van der Waals surface area contributed by atoms with E-state index in [9.17, 15) is 4.79 Å². The van der Waals surface area contributed by atoms with Crippen LogP contribution in [0.5, 0.6) is 0 Å². The Morgan fingerprint density at radius 3 is 2.80 bits per heavy atom. The molecule has 3 heteroatoms. The molecule has 0 heterocycles. The molecule has 0 atom stereocenters. The summed E-state index contributed by atoms with van der Waals surface area (Å²) in [7, 11) is 0. The summed E-state index contributed by atoms with van der Waals surface area (Å²) in [6.45, 7) is 5.50. The number of carbonyl (C=O) groups is 1. The molecule has 0 aliphatic carbocycles. The molecule has 0 aliphatic rings. The first-order valence-electron chi connectivity index (χ1n) is 3.18. The summed E-state index contributed by atoms with van der Waals surface area (Å²) in [5.74, 6) is 3.09. The average Bonchev–Trinajstić information content (AvgIpc) is 1.98. The highest BCUT2D eigenvalue weighted by molar-refractivity contribution is 8.14. The van der Waals surface area contributed by atoms with E-state index in [-0.39, 0.29) is 5.12 Å². The third-order valence-electron chi connectivity index (χ3n) is 0.843. The molecule has 0 aromatic carbocycles. The van der Waals surface area contributed by atoms with E-state index < -0.39 is 0 Å². The van der Waals surface area contributed by atoms with Gasteiger partial charge in [-0.1, -0.05) is 25.3 Å². The minimum atomic E-state index is 0.0803. The summed E-state index contributed by atoms with van der Waals surface area (Å²) in [4.78, 5) is 10.6. The first kappa shape index (κ1) is 10.1. The predicted molar refractivity (Wildman–Crippen MR) is 50.7 cm³/mol. The van der Waals surface area contributed by atoms with Crippen LogP contribution in [0.15, 0.2) is 12.7 Å². The number of rotatable bonds is 5. The van der Waals surface area contributed by atoms with E-state index in [2.05, 4.69) is 13.5 Å². The van der Waals surface area contributed by atoms with E-state index in [1.54, 1.807) is 0 Å². The summed E-state index contributed by atoms with van der Waals surface area (Å²) in [5.41, 5.74) is 0. The quantitative estimate of drug-likeness (QED) is 0.472. The Kier molecular flexibility index (Phi) is 7.30. The lowest BCUT2D eigenvalue weighted by atomic mass is 10.7. The third-order valence-corrected chi connectivity index (χ3v) is 2.86. The van der Waals surface area contributed by atoms with Crippen molar-refractivity contribution in [1.82, 2.24) is 0 Å². The van der Waals surface area contributed by atoms with Gasteiger partial charge in [0.2, 0.25) is 5.12 Å². The number of thioether (sulfide) groups is 2. The minimum Gasteiger partial charge on any atom is -0.282 e. The summed E-state index contributed by atoms with van der Waals surface area (Å²) < 4.78 is 0. The van der Waals surface area contributed by atoms with E-state index in [0.29, 0.717) is 0 Å². The van der Waals surface area contributed by atoms with Crippen molar-refractivity contribution in [3.8, 4) is 0 Å². The van der Waals surface area contributed by atoms with Crippen molar-refractivity contribution in [1.29, 1.82) is 0 Å². The van der Waals surface area contributed by atoms with E-state index in [0.717, 1.165) is 17.3 Å². The zero-order valence-corrected chi connectivity index (χ0v) is 7.76. The zero-order valence-electron chi connectivity index (χ0n) is 6.13. The first-order valence-corrected chi connectivity index (χ1v) is 5.32.